The van der Waals surface area contributed by atoms with E-state index in [9.17, 15) is 9.59 Å². The van der Waals surface area contributed by atoms with Gasteiger partial charge in [0.2, 0.25) is 5.91 Å². The van der Waals surface area contributed by atoms with Crippen LogP contribution in [0.25, 0.3) is 11.0 Å². The summed E-state index contributed by atoms with van der Waals surface area (Å²) in [5.41, 5.74) is 3.47. The van der Waals surface area contributed by atoms with E-state index >= 15 is 0 Å². The average Bonchev–Trinajstić information content (AvgIpc) is 3.19. The average molecular weight is 434 g/mol. The second-order valence-electron chi connectivity index (χ2n) is 7.20. The lowest BCUT2D eigenvalue weighted by Gasteiger charge is -2.12. The van der Waals surface area contributed by atoms with Crippen molar-refractivity contribution >= 4 is 34.4 Å². The van der Waals surface area contributed by atoms with Gasteiger partial charge >= 0.3 is 0 Å². The van der Waals surface area contributed by atoms with E-state index in [4.69, 9.17) is 0 Å². The molecule has 0 aliphatic heterocycles. The summed E-state index contributed by atoms with van der Waals surface area (Å²) >= 11 is 1.25. The van der Waals surface area contributed by atoms with Gasteiger partial charge in [0.25, 0.3) is 5.56 Å². The summed E-state index contributed by atoms with van der Waals surface area (Å²) in [5, 5.41) is 7.76. The minimum atomic E-state index is -0.206. The number of thioether (sulfide) groups is 1. The molecule has 2 heterocycles. The highest BCUT2D eigenvalue weighted by Crippen LogP contribution is 2.19. The number of nitrogens with zero attached hydrogens (tertiary/aromatic N) is 4. The normalized spacial score (nSPS) is 11.0. The molecular weight excluding hydrogens is 410 g/mol. The fourth-order valence-electron chi connectivity index (χ4n) is 3.25. The van der Waals surface area contributed by atoms with E-state index in [1.165, 1.54) is 11.8 Å². The van der Waals surface area contributed by atoms with Gasteiger partial charge in [-0.15, -0.1) is 0 Å². The number of aryl methyl sites for hydroxylation is 2. The Morgan fingerprint density at radius 1 is 1.13 bits per heavy atom. The molecule has 0 aliphatic carbocycles. The third-order valence-corrected chi connectivity index (χ3v) is 5.76. The number of hydrogen-bond acceptors (Lipinski definition) is 5. The quantitative estimate of drug-likeness (QED) is 0.355. The lowest BCUT2D eigenvalue weighted by molar-refractivity contribution is -0.113. The summed E-state index contributed by atoms with van der Waals surface area (Å²) in [6, 6.07) is 17.4. The number of aromatic nitrogens is 4. The van der Waals surface area contributed by atoms with Crippen LogP contribution in [0, 0.1) is 6.92 Å². The third kappa shape index (κ3) is 4.86. The Labute approximate surface area is 184 Å². The van der Waals surface area contributed by atoms with E-state index in [0.717, 1.165) is 16.8 Å². The highest BCUT2D eigenvalue weighted by atomic mass is 32.2. The van der Waals surface area contributed by atoms with E-state index < -0.39 is 0 Å². The number of benzene rings is 2. The number of hydrogen-bond donors (Lipinski definition) is 1. The van der Waals surface area contributed by atoms with Gasteiger partial charge in [0, 0.05) is 12.2 Å². The van der Waals surface area contributed by atoms with Crippen molar-refractivity contribution in [3.63, 3.8) is 0 Å². The first-order chi connectivity index (χ1) is 15.0. The Morgan fingerprint density at radius 3 is 2.68 bits per heavy atom. The number of fused-ring (bicyclic) bond motifs is 1. The molecule has 0 saturated heterocycles. The molecule has 0 radical (unpaired) electrons. The van der Waals surface area contributed by atoms with Crippen molar-refractivity contribution in [2.24, 2.45) is 0 Å². The molecule has 158 valence electrons. The Hall–Kier alpha value is -3.39. The molecule has 2 aromatic carbocycles. The van der Waals surface area contributed by atoms with Crippen LogP contribution in [-0.4, -0.2) is 31.0 Å². The van der Waals surface area contributed by atoms with Crippen molar-refractivity contribution in [1.29, 1.82) is 0 Å². The topological polar surface area (TPSA) is 81.8 Å². The monoisotopic (exact) mass is 433 g/mol. The van der Waals surface area contributed by atoms with Gasteiger partial charge in [-0.05, 0) is 37.1 Å². The van der Waals surface area contributed by atoms with Crippen LogP contribution in [0.5, 0.6) is 0 Å². The second-order valence-corrected chi connectivity index (χ2v) is 8.14. The number of rotatable bonds is 7. The maximum atomic E-state index is 13.2. The Balaban J connectivity index is 1.62. The SMILES string of the molecule is CCn1cc2nc(SCC(=O)Nc3cccc(C)c3)n(Cc3ccccc3)c(=O)c2n1. The summed E-state index contributed by atoms with van der Waals surface area (Å²) < 4.78 is 3.29. The lowest BCUT2D eigenvalue weighted by Crippen LogP contribution is -2.25. The van der Waals surface area contributed by atoms with Crippen molar-refractivity contribution in [1.82, 2.24) is 19.3 Å². The molecule has 31 heavy (non-hydrogen) atoms. The van der Waals surface area contributed by atoms with Crippen LogP contribution >= 0.6 is 11.8 Å². The van der Waals surface area contributed by atoms with Gasteiger partial charge in [-0.2, -0.15) is 5.10 Å². The van der Waals surface area contributed by atoms with E-state index in [2.05, 4.69) is 15.4 Å². The molecular formula is C23H23N5O2S. The van der Waals surface area contributed by atoms with Gasteiger partial charge < -0.3 is 5.32 Å². The summed E-state index contributed by atoms with van der Waals surface area (Å²) in [7, 11) is 0. The van der Waals surface area contributed by atoms with Crippen LogP contribution in [0.1, 0.15) is 18.1 Å². The standard InChI is InChI=1S/C23H23N5O2S/c1-3-27-14-19-21(26-27)22(30)28(13-17-9-5-4-6-10-17)23(25-19)31-15-20(29)24-18-11-7-8-16(2)12-18/h4-12,14H,3,13,15H2,1-2H3,(H,24,29). The van der Waals surface area contributed by atoms with Gasteiger partial charge in [0.15, 0.2) is 10.7 Å². The molecule has 4 rings (SSSR count). The Morgan fingerprint density at radius 2 is 1.94 bits per heavy atom. The van der Waals surface area contributed by atoms with Crippen molar-refractivity contribution in [3.05, 3.63) is 82.3 Å². The maximum absolute atomic E-state index is 13.2. The van der Waals surface area contributed by atoms with Crippen LogP contribution in [0.4, 0.5) is 5.69 Å². The van der Waals surface area contributed by atoms with Gasteiger partial charge in [0.1, 0.15) is 5.52 Å². The molecule has 4 aromatic rings. The molecule has 7 nitrogen and oxygen atoms in total. The zero-order chi connectivity index (χ0) is 21.8. The van der Waals surface area contributed by atoms with Gasteiger partial charge in [-0.3, -0.25) is 18.8 Å². The van der Waals surface area contributed by atoms with Crippen LogP contribution in [0.2, 0.25) is 0 Å². The summed E-state index contributed by atoms with van der Waals surface area (Å²) in [4.78, 5) is 30.3. The van der Waals surface area contributed by atoms with Gasteiger partial charge in [0.05, 0.1) is 18.5 Å². The van der Waals surface area contributed by atoms with Crippen LogP contribution in [0.15, 0.2) is 70.7 Å². The molecule has 0 bridgehead atoms. The first kappa shape index (κ1) is 20.9. The minimum Gasteiger partial charge on any atom is -0.325 e. The van der Waals surface area contributed by atoms with Crippen LogP contribution in [-0.2, 0) is 17.9 Å². The fourth-order valence-corrected chi connectivity index (χ4v) is 4.05. The van der Waals surface area contributed by atoms with Crippen molar-refractivity contribution in [3.8, 4) is 0 Å². The number of carbonyl (C=O) groups is 1. The predicted molar refractivity (Wildman–Crippen MR) is 124 cm³/mol. The molecule has 0 unspecified atom stereocenters. The summed E-state index contributed by atoms with van der Waals surface area (Å²) in [6.45, 7) is 4.95. The maximum Gasteiger partial charge on any atom is 0.282 e. The molecule has 0 saturated carbocycles. The number of nitrogens with one attached hydrogen (secondary N) is 1. The van der Waals surface area contributed by atoms with E-state index in [1.807, 2.05) is 68.4 Å². The van der Waals surface area contributed by atoms with Crippen LogP contribution in [0.3, 0.4) is 0 Å². The molecule has 1 amide bonds. The predicted octanol–water partition coefficient (Wildman–Crippen LogP) is 3.70. The largest absolute Gasteiger partial charge is 0.325 e. The molecule has 0 spiro atoms. The minimum absolute atomic E-state index is 0.141. The smallest absolute Gasteiger partial charge is 0.282 e. The van der Waals surface area contributed by atoms with Crippen molar-refractivity contribution in [2.45, 2.75) is 32.1 Å². The van der Waals surface area contributed by atoms with E-state index in [0.29, 0.717) is 29.3 Å². The van der Waals surface area contributed by atoms with Gasteiger partial charge in [-0.25, -0.2) is 4.98 Å². The molecule has 1 N–H and O–H groups in total. The van der Waals surface area contributed by atoms with Crippen molar-refractivity contribution < 1.29 is 4.79 Å². The van der Waals surface area contributed by atoms with E-state index in [1.54, 1.807) is 15.4 Å². The highest BCUT2D eigenvalue weighted by Gasteiger charge is 2.16. The number of anilines is 1. The number of carbonyl (C=O) groups excluding carboxylic acids is 1. The van der Waals surface area contributed by atoms with Crippen molar-refractivity contribution in [2.75, 3.05) is 11.1 Å². The molecule has 2 aromatic heterocycles. The fraction of sp³-hybridized carbons (Fsp3) is 0.217. The molecule has 0 fully saturated rings. The molecule has 8 heteroatoms. The molecule has 0 atom stereocenters. The summed E-state index contributed by atoms with van der Waals surface area (Å²) in [5.74, 6) is -0.0109. The zero-order valence-electron chi connectivity index (χ0n) is 17.4. The molecule has 0 aliphatic rings. The van der Waals surface area contributed by atoms with E-state index in [-0.39, 0.29) is 17.2 Å². The highest BCUT2D eigenvalue weighted by molar-refractivity contribution is 7.99. The first-order valence-electron chi connectivity index (χ1n) is 10.0. The van der Waals surface area contributed by atoms with Gasteiger partial charge in [-0.1, -0.05) is 54.2 Å². The Kier molecular flexibility index (Phi) is 6.18. The number of amides is 1. The first-order valence-corrected chi connectivity index (χ1v) is 11.0. The lowest BCUT2D eigenvalue weighted by atomic mass is 10.2. The van der Waals surface area contributed by atoms with Crippen LogP contribution < -0.4 is 10.9 Å². The second kappa shape index (κ2) is 9.18. The zero-order valence-corrected chi connectivity index (χ0v) is 18.2. The summed E-state index contributed by atoms with van der Waals surface area (Å²) in [6.07, 6.45) is 1.76. The third-order valence-electron chi connectivity index (χ3n) is 4.78. The Bertz CT molecular complexity index is 1280.